The lowest BCUT2D eigenvalue weighted by Gasteiger charge is -1.84. The molecule has 0 amide bonds. The third kappa shape index (κ3) is 17.6. The lowest BCUT2D eigenvalue weighted by Crippen LogP contribution is -1.82. The summed E-state index contributed by atoms with van der Waals surface area (Å²) in [5, 5.41) is 6.76. The fourth-order valence-electron chi connectivity index (χ4n) is 0.112. The highest BCUT2D eigenvalue weighted by molar-refractivity contribution is 5.82. The van der Waals surface area contributed by atoms with E-state index in [1.54, 1.807) is 0 Å². The SMILES string of the molecule is C=CC(C)C.C=NC(=N)CC. The summed E-state index contributed by atoms with van der Waals surface area (Å²) in [5.74, 6) is 1.00. The largest absolute Gasteiger partial charge is 0.287 e. The minimum atomic E-state index is 0.356. The van der Waals surface area contributed by atoms with E-state index < -0.39 is 0 Å². The fraction of sp³-hybridized carbons (Fsp3) is 0.556. The maximum Gasteiger partial charge on any atom is 0.119 e. The molecule has 1 N–H and O–H groups in total. The maximum absolute atomic E-state index is 6.76. The first-order valence-electron chi connectivity index (χ1n) is 3.75. The van der Waals surface area contributed by atoms with E-state index in [4.69, 9.17) is 5.41 Å². The summed E-state index contributed by atoms with van der Waals surface area (Å²) in [6, 6.07) is 0. The van der Waals surface area contributed by atoms with Gasteiger partial charge >= 0.3 is 0 Å². The predicted octanol–water partition coefficient (Wildman–Crippen LogP) is 2.90. The molecule has 0 spiro atoms. The number of aliphatic imine (C=N–C) groups is 1. The number of rotatable bonds is 2. The van der Waals surface area contributed by atoms with Crippen LogP contribution in [0, 0.1) is 11.3 Å². The van der Waals surface area contributed by atoms with Gasteiger partial charge in [0.25, 0.3) is 0 Å². The van der Waals surface area contributed by atoms with Gasteiger partial charge in [-0.15, -0.1) is 6.58 Å². The van der Waals surface area contributed by atoms with Crippen LogP contribution in [0.2, 0.25) is 0 Å². The van der Waals surface area contributed by atoms with Crippen LogP contribution >= 0.6 is 0 Å². The van der Waals surface area contributed by atoms with E-state index in [2.05, 4.69) is 32.1 Å². The molecule has 0 unspecified atom stereocenters. The summed E-state index contributed by atoms with van der Waals surface area (Å²) < 4.78 is 0. The summed E-state index contributed by atoms with van der Waals surface area (Å²) in [5.41, 5.74) is 0. The Hall–Kier alpha value is -0.920. The molecule has 11 heavy (non-hydrogen) atoms. The Morgan fingerprint density at radius 1 is 1.64 bits per heavy atom. The summed E-state index contributed by atoms with van der Waals surface area (Å²) >= 11 is 0. The van der Waals surface area contributed by atoms with Crippen LogP contribution < -0.4 is 0 Å². The molecule has 0 atom stereocenters. The normalized spacial score (nSPS) is 8.00. The minimum absolute atomic E-state index is 0.356. The summed E-state index contributed by atoms with van der Waals surface area (Å²) in [7, 11) is 0. The van der Waals surface area contributed by atoms with Crippen molar-refractivity contribution in [1.82, 2.24) is 0 Å². The molecule has 0 aromatic carbocycles. The van der Waals surface area contributed by atoms with Crippen LogP contribution in [0.5, 0.6) is 0 Å². The monoisotopic (exact) mass is 154 g/mol. The highest BCUT2D eigenvalue weighted by Crippen LogP contribution is 1.87. The zero-order valence-corrected chi connectivity index (χ0v) is 7.72. The molecule has 0 aliphatic rings. The van der Waals surface area contributed by atoms with Gasteiger partial charge in [0, 0.05) is 6.42 Å². The standard InChI is InChI=1S/C5H10.C4H8N2/c1-4-5(2)3;1-3-4(5)6-2/h4-5H,1H2,2-3H3;5H,2-3H2,1H3. The second-order valence-electron chi connectivity index (χ2n) is 2.44. The van der Waals surface area contributed by atoms with Gasteiger partial charge in [0.1, 0.15) is 5.84 Å². The van der Waals surface area contributed by atoms with Crippen LogP contribution in [0.4, 0.5) is 0 Å². The average Bonchev–Trinajstić information content (AvgIpc) is 2.04. The zero-order valence-electron chi connectivity index (χ0n) is 7.72. The molecule has 2 heteroatoms. The quantitative estimate of drug-likeness (QED) is 0.361. The van der Waals surface area contributed by atoms with Crippen molar-refractivity contribution in [3.05, 3.63) is 12.7 Å². The van der Waals surface area contributed by atoms with E-state index >= 15 is 0 Å². The van der Waals surface area contributed by atoms with Crippen molar-refractivity contribution >= 4 is 12.6 Å². The Morgan fingerprint density at radius 3 is 2.00 bits per heavy atom. The molecule has 64 valence electrons. The number of hydrogen-bond donors (Lipinski definition) is 1. The van der Waals surface area contributed by atoms with Crippen LogP contribution in [0.15, 0.2) is 17.6 Å². The van der Waals surface area contributed by atoms with Crippen molar-refractivity contribution in [3.63, 3.8) is 0 Å². The number of nitrogens with zero attached hydrogens (tertiary/aromatic N) is 1. The Bertz CT molecular complexity index is 126. The lowest BCUT2D eigenvalue weighted by atomic mass is 10.2. The predicted molar refractivity (Wildman–Crippen MR) is 52.6 cm³/mol. The fourth-order valence-corrected chi connectivity index (χ4v) is 0.112. The van der Waals surface area contributed by atoms with Gasteiger partial charge in [0.2, 0.25) is 0 Å². The van der Waals surface area contributed by atoms with Gasteiger partial charge in [-0.2, -0.15) is 0 Å². The molecule has 0 saturated heterocycles. The molecule has 0 fully saturated rings. The molecule has 0 aliphatic heterocycles. The summed E-state index contributed by atoms with van der Waals surface area (Å²) in [6.07, 6.45) is 2.60. The van der Waals surface area contributed by atoms with E-state index in [0.29, 0.717) is 18.2 Å². The van der Waals surface area contributed by atoms with Crippen molar-refractivity contribution in [1.29, 1.82) is 5.41 Å². The number of hydrogen-bond acceptors (Lipinski definition) is 1. The Labute approximate surface area is 69.6 Å². The molecule has 0 radical (unpaired) electrons. The molecule has 0 saturated carbocycles. The van der Waals surface area contributed by atoms with Gasteiger partial charge in [-0.1, -0.05) is 26.8 Å². The van der Waals surface area contributed by atoms with Gasteiger partial charge in [-0.05, 0) is 12.6 Å². The van der Waals surface area contributed by atoms with E-state index in [1.807, 2.05) is 13.0 Å². The molecule has 0 aliphatic carbocycles. The van der Waals surface area contributed by atoms with Crippen LogP contribution in [-0.2, 0) is 0 Å². The third-order valence-electron chi connectivity index (χ3n) is 0.997. The van der Waals surface area contributed by atoms with Crippen LogP contribution in [0.25, 0.3) is 0 Å². The maximum atomic E-state index is 6.76. The van der Waals surface area contributed by atoms with E-state index in [1.165, 1.54) is 0 Å². The highest BCUT2D eigenvalue weighted by Gasteiger charge is 1.77. The molecule has 0 rings (SSSR count). The number of amidine groups is 1. The van der Waals surface area contributed by atoms with Gasteiger partial charge in [-0.3, -0.25) is 5.41 Å². The van der Waals surface area contributed by atoms with Crippen molar-refractivity contribution < 1.29 is 0 Å². The molecule has 0 bridgehead atoms. The van der Waals surface area contributed by atoms with Gasteiger partial charge in [-0.25, -0.2) is 4.99 Å². The highest BCUT2D eigenvalue weighted by atomic mass is 14.8. The number of allylic oxidation sites excluding steroid dienone is 1. The van der Waals surface area contributed by atoms with Crippen LogP contribution in [0.3, 0.4) is 0 Å². The van der Waals surface area contributed by atoms with E-state index in [9.17, 15) is 0 Å². The summed E-state index contributed by atoms with van der Waals surface area (Å²) in [4.78, 5) is 3.34. The van der Waals surface area contributed by atoms with Crippen molar-refractivity contribution in [2.75, 3.05) is 0 Å². The Morgan fingerprint density at radius 2 is 2.00 bits per heavy atom. The van der Waals surface area contributed by atoms with E-state index in [-0.39, 0.29) is 0 Å². The van der Waals surface area contributed by atoms with Crippen molar-refractivity contribution in [2.45, 2.75) is 27.2 Å². The van der Waals surface area contributed by atoms with Crippen LogP contribution in [0.1, 0.15) is 27.2 Å². The second-order valence-corrected chi connectivity index (χ2v) is 2.44. The first-order chi connectivity index (χ1) is 5.08. The zero-order chi connectivity index (χ0) is 9.28. The first kappa shape index (κ1) is 12.7. The lowest BCUT2D eigenvalue weighted by molar-refractivity contribution is 0.835. The smallest absolute Gasteiger partial charge is 0.119 e. The molecule has 0 aromatic rings. The first-order valence-corrected chi connectivity index (χ1v) is 3.75. The number of nitrogens with one attached hydrogen (secondary N) is 1. The third-order valence-corrected chi connectivity index (χ3v) is 0.997. The topological polar surface area (TPSA) is 36.2 Å². The average molecular weight is 154 g/mol. The van der Waals surface area contributed by atoms with Crippen LogP contribution in [-0.4, -0.2) is 12.6 Å². The molecule has 2 nitrogen and oxygen atoms in total. The van der Waals surface area contributed by atoms with Gasteiger partial charge in [0.15, 0.2) is 0 Å². The van der Waals surface area contributed by atoms with Crippen molar-refractivity contribution in [2.24, 2.45) is 10.9 Å². The summed E-state index contributed by atoms with van der Waals surface area (Å²) in [6.45, 7) is 12.8. The Balaban J connectivity index is 0. The Kier molecular flexibility index (Phi) is 10.5. The van der Waals surface area contributed by atoms with Gasteiger partial charge < -0.3 is 0 Å². The van der Waals surface area contributed by atoms with Crippen molar-refractivity contribution in [3.8, 4) is 0 Å². The second kappa shape index (κ2) is 9.08. The van der Waals surface area contributed by atoms with Gasteiger partial charge in [0.05, 0.1) is 0 Å². The molecular formula is C9H18N2. The molecule has 0 heterocycles. The molecule has 0 aromatic heterocycles. The van der Waals surface area contributed by atoms with E-state index in [0.717, 1.165) is 0 Å². The molecular weight excluding hydrogens is 136 g/mol. The minimum Gasteiger partial charge on any atom is -0.287 e.